The number of carbonyl (C=O) groups is 2. The van der Waals surface area contributed by atoms with Crippen molar-refractivity contribution in [2.45, 2.75) is 51.4 Å². The Hall–Kier alpha value is -3.89. The third-order valence-corrected chi connectivity index (χ3v) is 6.90. The fraction of sp³-hybridized carbons (Fsp3) is 0.423. The van der Waals surface area contributed by atoms with Gasteiger partial charge < -0.3 is 10.5 Å². The SMILES string of the molecule is CCc1nc(NC(=O)N2CCC3(CCC(F)(F)CC3)C2=O)ccc1Oc1ccnc(C(C=NC)=CN)c1. The molecule has 0 atom stereocenters. The molecule has 11 heteroatoms. The number of aromatic nitrogens is 2. The lowest BCUT2D eigenvalue weighted by molar-refractivity contribution is -0.140. The molecule has 2 aliphatic rings. The van der Waals surface area contributed by atoms with E-state index < -0.39 is 17.4 Å². The minimum absolute atomic E-state index is 0.0947. The molecule has 1 spiro atoms. The van der Waals surface area contributed by atoms with E-state index in [2.05, 4.69) is 20.3 Å². The van der Waals surface area contributed by atoms with Gasteiger partial charge in [0.15, 0.2) is 0 Å². The normalized spacial score (nSPS) is 19.0. The molecule has 1 saturated heterocycles. The number of likely N-dealkylation sites (tertiary alicyclic amines) is 1. The largest absolute Gasteiger partial charge is 0.455 e. The van der Waals surface area contributed by atoms with Crippen molar-refractivity contribution < 1.29 is 23.1 Å². The lowest BCUT2D eigenvalue weighted by Crippen LogP contribution is -2.43. The van der Waals surface area contributed by atoms with Crippen LogP contribution in [0.4, 0.5) is 19.4 Å². The highest BCUT2D eigenvalue weighted by molar-refractivity contribution is 6.08. The Morgan fingerprint density at radius 3 is 2.68 bits per heavy atom. The first-order chi connectivity index (χ1) is 17.7. The molecule has 2 fully saturated rings. The van der Waals surface area contributed by atoms with Gasteiger partial charge in [-0.15, -0.1) is 0 Å². The summed E-state index contributed by atoms with van der Waals surface area (Å²) < 4.78 is 33.3. The fourth-order valence-electron chi connectivity index (χ4n) is 4.75. The molecule has 0 bridgehead atoms. The number of carbonyl (C=O) groups excluding carboxylic acids is 2. The van der Waals surface area contributed by atoms with E-state index in [1.54, 1.807) is 43.7 Å². The maximum absolute atomic E-state index is 13.6. The summed E-state index contributed by atoms with van der Waals surface area (Å²) in [4.78, 5) is 39.7. The van der Waals surface area contributed by atoms with Crippen LogP contribution in [0.1, 0.15) is 50.4 Å². The topological polar surface area (TPSA) is 123 Å². The zero-order valence-electron chi connectivity index (χ0n) is 20.8. The minimum atomic E-state index is -2.74. The Morgan fingerprint density at radius 1 is 1.24 bits per heavy atom. The van der Waals surface area contributed by atoms with Crippen LogP contribution in [0.25, 0.3) is 5.57 Å². The molecule has 9 nitrogen and oxygen atoms in total. The number of hydrogen-bond donors (Lipinski definition) is 2. The number of alkyl halides is 2. The predicted octanol–water partition coefficient (Wildman–Crippen LogP) is 4.79. The molecule has 196 valence electrons. The van der Waals surface area contributed by atoms with Crippen molar-refractivity contribution in [2.75, 3.05) is 18.9 Å². The summed E-state index contributed by atoms with van der Waals surface area (Å²) in [6.07, 6.45) is 5.05. The molecule has 1 saturated carbocycles. The van der Waals surface area contributed by atoms with Crippen molar-refractivity contribution in [2.24, 2.45) is 16.1 Å². The number of amides is 3. The number of nitrogens with zero attached hydrogens (tertiary/aromatic N) is 4. The van der Waals surface area contributed by atoms with Crippen LogP contribution in [0.15, 0.2) is 41.7 Å². The molecular weight excluding hydrogens is 482 g/mol. The van der Waals surface area contributed by atoms with Crippen LogP contribution in [0.2, 0.25) is 0 Å². The van der Waals surface area contributed by atoms with Crippen molar-refractivity contribution in [3.05, 3.63) is 48.1 Å². The molecule has 2 aromatic rings. The smallest absolute Gasteiger partial charge is 0.329 e. The zero-order chi connectivity index (χ0) is 26.6. The molecule has 0 radical (unpaired) electrons. The first kappa shape index (κ1) is 26.2. The highest BCUT2D eigenvalue weighted by Gasteiger charge is 2.53. The van der Waals surface area contributed by atoms with E-state index in [4.69, 9.17) is 10.5 Å². The summed E-state index contributed by atoms with van der Waals surface area (Å²) in [5.74, 6) is -1.84. The van der Waals surface area contributed by atoms with Crippen LogP contribution in [-0.2, 0) is 11.2 Å². The number of allylic oxidation sites excluding steroid dienone is 1. The van der Waals surface area contributed by atoms with Gasteiger partial charge in [-0.05, 0) is 43.9 Å². The van der Waals surface area contributed by atoms with E-state index in [9.17, 15) is 18.4 Å². The number of rotatable bonds is 6. The van der Waals surface area contributed by atoms with Crippen LogP contribution >= 0.6 is 0 Å². The standard InChI is InChI=1S/C26H30F2N6O3/c1-3-19-21(37-18-6-12-31-20(14-18)17(15-29)16-30-2)4-5-22(32-19)33-24(36)34-13-11-25(23(34)35)7-9-26(27,28)10-8-25/h4-6,12,14-16H,3,7-11,13,29H2,1-2H3,(H,32,33,36). The van der Waals surface area contributed by atoms with Gasteiger partial charge in [-0.2, -0.15) is 0 Å². The summed E-state index contributed by atoms with van der Waals surface area (Å²) in [5, 5.41) is 2.67. The quantitative estimate of drug-likeness (QED) is 0.537. The fourth-order valence-corrected chi connectivity index (χ4v) is 4.75. The minimum Gasteiger partial charge on any atom is -0.455 e. The van der Waals surface area contributed by atoms with E-state index in [1.165, 1.54) is 6.20 Å². The average molecular weight is 513 g/mol. The number of imide groups is 1. The number of ether oxygens (including phenoxy) is 1. The Kier molecular flexibility index (Phi) is 7.51. The second-order valence-electron chi connectivity index (χ2n) is 9.26. The van der Waals surface area contributed by atoms with E-state index in [1.807, 2.05) is 6.92 Å². The van der Waals surface area contributed by atoms with Crippen molar-refractivity contribution in [1.82, 2.24) is 14.9 Å². The molecule has 2 aromatic heterocycles. The van der Waals surface area contributed by atoms with Gasteiger partial charge in [0.1, 0.15) is 17.3 Å². The number of aliphatic imine (C=N–C) groups is 1. The van der Waals surface area contributed by atoms with Gasteiger partial charge in [-0.3, -0.25) is 25.0 Å². The monoisotopic (exact) mass is 512 g/mol. The maximum Gasteiger partial charge on any atom is 0.329 e. The maximum atomic E-state index is 13.6. The third-order valence-electron chi connectivity index (χ3n) is 6.90. The molecule has 1 aliphatic heterocycles. The summed E-state index contributed by atoms with van der Waals surface area (Å²) >= 11 is 0. The van der Waals surface area contributed by atoms with E-state index in [0.717, 1.165) is 4.90 Å². The van der Waals surface area contributed by atoms with Crippen molar-refractivity contribution in [1.29, 1.82) is 0 Å². The second kappa shape index (κ2) is 10.6. The average Bonchev–Trinajstić information content (AvgIpc) is 3.21. The van der Waals surface area contributed by atoms with E-state index in [0.29, 0.717) is 41.3 Å². The van der Waals surface area contributed by atoms with Crippen LogP contribution in [0.5, 0.6) is 11.5 Å². The molecule has 0 unspecified atom stereocenters. The van der Waals surface area contributed by atoms with Gasteiger partial charge >= 0.3 is 6.03 Å². The van der Waals surface area contributed by atoms with Gasteiger partial charge in [0.25, 0.3) is 0 Å². The Labute approximate surface area is 213 Å². The number of urea groups is 1. The third kappa shape index (κ3) is 5.60. The highest BCUT2D eigenvalue weighted by Crippen LogP contribution is 2.49. The van der Waals surface area contributed by atoms with Crippen LogP contribution in [0.3, 0.4) is 0 Å². The van der Waals surface area contributed by atoms with Gasteiger partial charge in [0.2, 0.25) is 11.8 Å². The Balaban J connectivity index is 1.45. The Morgan fingerprint density at radius 2 is 2.00 bits per heavy atom. The highest BCUT2D eigenvalue weighted by atomic mass is 19.3. The second-order valence-corrected chi connectivity index (χ2v) is 9.26. The van der Waals surface area contributed by atoms with Gasteiger partial charge in [0.05, 0.1) is 16.8 Å². The van der Waals surface area contributed by atoms with Crippen LogP contribution in [0, 0.1) is 5.41 Å². The molecule has 3 amide bonds. The Bertz CT molecular complexity index is 1240. The number of anilines is 1. The number of hydrogen-bond acceptors (Lipinski definition) is 7. The number of halogens is 2. The van der Waals surface area contributed by atoms with Crippen LogP contribution in [-0.4, -0.2) is 52.5 Å². The molecule has 3 N–H and O–H groups in total. The van der Waals surface area contributed by atoms with Crippen molar-refractivity contribution >= 4 is 29.5 Å². The lowest BCUT2D eigenvalue weighted by Gasteiger charge is -2.35. The molecule has 0 aromatic carbocycles. The summed E-state index contributed by atoms with van der Waals surface area (Å²) in [5.41, 5.74) is 6.63. The molecule has 37 heavy (non-hydrogen) atoms. The zero-order valence-corrected chi connectivity index (χ0v) is 20.8. The molecule has 1 aliphatic carbocycles. The van der Waals surface area contributed by atoms with Gasteiger partial charge in [0, 0.05) is 56.7 Å². The van der Waals surface area contributed by atoms with Gasteiger partial charge in [-0.1, -0.05) is 6.92 Å². The first-order valence-electron chi connectivity index (χ1n) is 12.2. The number of aryl methyl sites for hydroxylation is 1. The molecule has 3 heterocycles. The predicted molar refractivity (Wildman–Crippen MR) is 136 cm³/mol. The lowest BCUT2D eigenvalue weighted by atomic mass is 9.72. The van der Waals surface area contributed by atoms with Gasteiger partial charge in [-0.25, -0.2) is 18.6 Å². The number of nitrogens with one attached hydrogen (secondary N) is 1. The summed E-state index contributed by atoms with van der Waals surface area (Å²) in [6.45, 7) is 2.10. The molecule has 4 rings (SSSR count). The molecular formula is C26H30F2N6O3. The van der Waals surface area contributed by atoms with E-state index >= 15 is 0 Å². The number of nitrogens with two attached hydrogens (primary N) is 1. The first-order valence-corrected chi connectivity index (χ1v) is 12.2. The summed E-state index contributed by atoms with van der Waals surface area (Å²) in [7, 11) is 1.64. The van der Waals surface area contributed by atoms with E-state index in [-0.39, 0.29) is 44.0 Å². The van der Waals surface area contributed by atoms with Crippen molar-refractivity contribution in [3.63, 3.8) is 0 Å². The number of pyridine rings is 2. The van der Waals surface area contributed by atoms with Crippen LogP contribution < -0.4 is 15.8 Å². The van der Waals surface area contributed by atoms with Crippen molar-refractivity contribution in [3.8, 4) is 11.5 Å². The summed E-state index contributed by atoms with van der Waals surface area (Å²) in [6, 6.07) is 6.09.